The van der Waals surface area contributed by atoms with Gasteiger partial charge in [0, 0.05) is 11.8 Å². The zero-order valence-corrected chi connectivity index (χ0v) is 10.7. The Labute approximate surface area is 105 Å². The molecule has 0 unspecified atom stereocenters. The van der Waals surface area contributed by atoms with Gasteiger partial charge in [-0.25, -0.2) is 8.42 Å². The first-order valence-electron chi connectivity index (χ1n) is 5.02. The number of aryl methyl sites for hydroxylation is 1. The fourth-order valence-corrected chi connectivity index (χ4v) is 1.97. The quantitative estimate of drug-likeness (QED) is 0.815. The van der Waals surface area contributed by atoms with E-state index in [9.17, 15) is 18.0 Å². The monoisotopic (exact) mass is 271 g/mol. The van der Waals surface area contributed by atoms with E-state index in [2.05, 4.69) is 5.32 Å². The summed E-state index contributed by atoms with van der Waals surface area (Å²) in [5.74, 6) is -1.78. The zero-order valence-electron chi connectivity index (χ0n) is 9.93. The fraction of sp³-hybridized carbons (Fsp3) is 0.273. The number of hydrogen-bond acceptors (Lipinski definition) is 4. The number of hydrogen-bond donors (Lipinski definition) is 2. The lowest BCUT2D eigenvalue weighted by molar-refractivity contribution is -0.135. The Kier molecular flexibility index (Phi) is 4.07. The van der Waals surface area contributed by atoms with Gasteiger partial charge >= 0.3 is 5.97 Å². The largest absolute Gasteiger partial charge is 0.480 e. The number of nitrogens with one attached hydrogen (secondary N) is 1. The van der Waals surface area contributed by atoms with E-state index in [-0.39, 0.29) is 10.5 Å². The van der Waals surface area contributed by atoms with Gasteiger partial charge in [0.25, 0.3) is 5.91 Å². The van der Waals surface area contributed by atoms with Gasteiger partial charge in [0.05, 0.1) is 4.90 Å². The molecule has 0 bridgehead atoms. The summed E-state index contributed by atoms with van der Waals surface area (Å²) in [5.41, 5.74) is 0.726. The van der Waals surface area contributed by atoms with Gasteiger partial charge in [-0.15, -0.1) is 0 Å². The van der Waals surface area contributed by atoms with E-state index in [0.717, 1.165) is 6.26 Å². The molecular weight excluding hydrogens is 258 g/mol. The highest BCUT2D eigenvalue weighted by Gasteiger charge is 2.14. The van der Waals surface area contributed by atoms with Crippen LogP contribution in [0.25, 0.3) is 0 Å². The maximum absolute atomic E-state index is 11.7. The second-order valence-corrected chi connectivity index (χ2v) is 5.84. The molecule has 0 aliphatic rings. The lowest BCUT2D eigenvalue weighted by Gasteiger charge is -2.07. The normalized spacial score (nSPS) is 11.0. The average molecular weight is 271 g/mol. The van der Waals surface area contributed by atoms with Crippen LogP contribution >= 0.6 is 0 Å². The molecule has 2 N–H and O–H groups in total. The van der Waals surface area contributed by atoms with Gasteiger partial charge in [0.2, 0.25) is 0 Å². The van der Waals surface area contributed by atoms with Crippen molar-refractivity contribution in [3.05, 3.63) is 29.3 Å². The Morgan fingerprint density at radius 3 is 2.44 bits per heavy atom. The van der Waals surface area contributed by atoms with Crippen molar-refractivity contribution in [2.24, 2.45) is 0 Å². The lowest BCUT2D eigenvalue weighted by atomic mass is 10.1. The SMILES string of the molecule is Cc1ccc(S(C)(=O)=O)cc1C(=O)NCC(=O)O. The topological polar surface area (TPSA) is 101 Å². The molecule has 98 valence electrons. The minimum Gasteiger partial charge on any atom is -0.480 e. The first kappa shape index (κ1) is 14.2. The third-order valence-corrected chi connectivity index (χ3v) is 3.39. The van der Waals surface area contributed by atoms with Crippen molar-refractivity contribution in [2.45, 2.75) is 11.8 Å². The van der Waals surface area contributed by atoms with Crippen LogP contribution in [0.4, 0.5) is 0 Å². The molecule has 18 heavy (non-hydrogen) atoms. The van der Waals surface area contributed by atoms with E-state index in [1.807, 2.05) is 0 Å². The number of carbonyl (C=O) groups is 2. The van der Waals surface area contributed by atoms with Gasteiger partial charge in [-0.05, 0) is 24.6 Å². The Balaban J connectivity index is 3.08. The van der Waals surface area contributed by atoms with E-state index in [1.54, 1.807) is 6.92 Å². The van der Waals surface area contributed by atoms with E-state index in [0.29, 0.717) is 5.56 Å². The van der Waals surface area contributed by atoms with Gasteiger partial charge in [0.15, 0.2) is 9.84 Å². The highest BCUT2D eigenvalue weighted by Crippen LogP contribution is 2.15. The molecule has 0 saturated heterocycles. The van der Waals surface area contributed by atoms with Crippen LogP contribution in [-0.2, 0) is 14.6 Å². The van der Waals surface area contributed by atoms with Crippen LogP contribution in [0.15, 0.2) is 23.1 Å². The van der Waals surface area contributed by atoms with E-state index in [1.165, 1.54) is 18.2 Å². The van der Waals surface area contributed by atoms with E-state index < -0.39 is 28.3 Å². The highest BCUT2D eigenvalue weighted by molar-refractivity contribution is 7.90. The van der Waals surface area contributed by atoms with Gasteiger partial charge in [-0.1, -0.05) is 6.07 Å². The number of rotatable bonds is 4. The summed E-state index contributed by atoms with van der Waals surface area (Å²) in [5, 5.41) is 10.6. The smallest absolute Gasteiger partial charge is 0.322 e. The molecule has 0 heterocycles. The van der Waals surface area contributed by atoms with Crippen LogP contribution in [0, 0.1) is 6.92 Å². The van der Waals surface area contributed by atoms with E-state index in [4.69, 9.17) is 5.11 Å². The van der Waals surface area contributed by atoms with Crippen molar-refractivity contribution < 1.29 is 23.1 Å². The van der Waals surface area contributed by atoms with Crippen LogP contribution in [0.1, 0.15) is 15.9 Å². The van der Waals surface area contributed by atoms with Crippen molar-refractivity contribution in [1.29, 1.82) is 0 Å². The first-order chi connectivity index (χ1) is 8.21. The molecule has 6 nitrogen and oxygen atoms in total. The molecule has 1 amide bonds. The second-order valence-electron chi connectivity index (χ2n) is 3.83. The third-order valence-electron chi connectivity index (χ3n) is 2.28. The maximum atomic E-state index is 11.7. The van der Waals surface area contributed by atoms with Crippen LogP contribution < -0.4 is 5.32 Å². The molecule has 1 rings (SSSR count). The predicted octanol–water partition coefficient (Wildman–Crippen LogP) is 0.213. The number of aliphatic carboxylic acids is 1. The number of carboxylic acids is 1. The van der Waals surface area contributed by atoms with Crippen LogP contribution in [0.2, 0.25) is 0 Å². The summed E-state index contributed by atoms with van der Waals surface area (Å²) in [6.45, 7) is 1.13. The number of sulfone groups is 1. The average Bonchev–Trinajstić information content (AvgIpc) is 2.24. The summed E-state index contributed by atoms with van der Waals surface area (Å²) in [6.07, 6.45) is 1.04. The number of amides is 1. The molecule has 0 aliphatic carbocycles. The number of carbonyl (C=O) groups excluding carboxylic acids is 1. The minimum atomic E-state index is -3.40. The molecule has 0 aliphatic heterocycles. The van der Waals surface area contributed by atoms with Gasteiger partial charge in [-0.3, -0.25) is 9.59 Å². The molecule has 0 aromatic heterocycles. The van der Waals surface area contributed by atoms with Gasteiger partial charge in [-0.2, -0.15) is 0 Å². The molecular formula is C11H13NO5S. The van der Waals surface area contributed by atoms with Gasteiger partial charge in [0.1, 0.15) is 6.54 Å². The Bertz CT molecular complexity index is 591. The first-order valence-corrected chi connectivity index (χ1v) is 6.91. The molecule has 0 radical (unpaired) electrons. The zero-order chi connectivity index (χ0) is 13.9. The Morgan fingerprint density at radius 2 is 1.94 bits per heavy atom. The Morgan fingerprint density at radius 1 is 1.33 bits per heavy atom. The highest BCUT2D eigenvalue weighted by atomic mass is 32.2. The summed E-state index contributed by atoms with van der Waals surface area (Å²) < 4.78 is 22.7. The molecule has 7 heteroatoms. The molecule has 0 spiro atoms. The number of carboxylic acid groups (broad SMARTS) is 1. The van der Waals surface area contributed by atoms with Crippen molar-refractivity contribution in [3.8, 4) is 0 Å². The second kappa shape index (κ2) is 5.18. The fourth-order valence-electron chi connectivity index (χ4n) is 1.33. The van der Waals surface area contributed by atoms with E-state index >= 15 is 0 Å². The maximum Gasteiger partial charge on any atom is 0.322 e. The van der Waals surface area contributed by atoms with Crippen molar-refractivity contribution in [1.82, 2.24) is 5.32 Å². The summed E-state index contributed by atoms with van der Waals surface area (Å²) in [4.78, 5) is 22.0. The molecule has 1 aromatic carbocycles. The van der Waals surface area contributed by atoms with Crippen molar-refractivity contribution in [3.63, 3.8) is 0 Å². The van der Waals surface area contributed by atoms with Crippen molar-refractivity contribution in [2.75, 3.05) is 12.8 Å². The molecule has 0 fully saturated rings. The predicted molar refractivity (Wildman–Crippen MR) is 64.3 cm³/mol. The molecule has 0 atom stereocenters. The van der Waals surface area contributed by atoms with Gasteiger partial charge < -0.3 is 10.4 Å². The summed E-state index contributed by atoms with van der Waals surface area (Å²) >= 11 is 0. The van der Waals surface area contributed by atoms with Crippen LogP contribution in [0.3, 0.4) is 0 Å². The summed E-state index contributed by atoms with van der Waals surface area (Å²) in [7, 11) is -3.40. The van der Waals surface area contributed by atoms with Crippen LogP contribution in [0.5, 0.6) is 0 Å². The summed E-state index contributed by atoms with van der Waals surface area (Å²) in [6, 6.07) is 4.15. The molecule has 0 saturated carbocycles. The van der Waals surface area contributed by atoms with Crippen LogP contribution in [-0.4, -0.2) is 38.2 Å². The Hall–Kier alpha value is -1.89. The minimum absolute atomic E-state index is 0.0218. The number of benzene rings is 1. The molecule has 1 aromatic rings. The standard InChI is InChI=1S/C11H13NO5S/c1-7-3-4-8(18(2,16)17)5-9(7)11(15)12-6-10(13)14/h3-5H,6H2,1-2H3,(H,12,15)(H,13,14). The van der Waals surface area contributed by atoms with Crippen molar-refractivity contribution >= 4 is 21.7 Å². The third kappa shape index (κ3) is 3.56. The lowest BCUT2D eigenvalue weighted by Crippen LogP contribution is -2.29.